The molecule has 19 heavy (non-hydrogen) atoms. The van der Waals surface area contributed by atoms with Crippen molar-refractivity contribution in [2.45, 2.75) is 25.7 Å². The molecule has 0 spiro atoms. The van der Waals surface area contributed by atoms with Crippen LogP contribution < -0.4 is 5.32 Å². The monoisotopic (exact) mass is 326 g/mol. The van der Waals surface area contributed by atoms with E-state index in [1.165, 1.54) is 12.8 Å². The summed E-state index contributed by atoms with van der Waals surface area (Å²) in [5.74, 6) is 0.630. The zero-order valence-electron chi connectivity index (χ0n) is 10.8. The highest BCUT2D eigenvalue weighted by Crippen LogP contribution is 2.29. The number of halogens is 1. The Morgan fingerprint density at radius 2 is 2.11 bits per heavy atom. The van der Waals surface area contributed by atoms with Crippen LogP contribution in [-0.4, -0.2) is 29.1 Å². The summed E-state index contributed by atoms with van der Waals surface area (Å²) in [6, 6.07) is 3.50. The summed E-state index contributed by atoms with van der Waals surface area (Å²) >= 11 is 3.24. The molecule has 1 heterocycles. The zero-order valence-corrected chi connectivity index (χ0v) is 12.4. The number of hydrogen-bond acceptors (Lipinski definition) is 3. The average Bonchev–Trinajstić information content (AvgIpc) is 2.45. The van der Waals surface area contributed by atoms with Crippen LogP contribution in [0.25, 0.3) is 0 Å². The Kier molecular flexibility index (Phi) is 5.34. The summed E-state index contributed by atoms with van der Waals surface area (Å²) in [7, 11) is 0. The van der Waals surface area contributed by atoms with Crippen molar-refractivity contribution < 1.29 is 9.90 Å². The van der Waals surface area contributed by atoms with Crippen LogP contribution in [0.4, 0.5) is 0 Å². The van der Waals surface area contributed by atoms with Crippen LogP contribution in [0.3, 0.4) is 0 Å². The number of pyridine rings is 1. The molecule has 1 amide bonds. The van der Waals surface area contributed by atoms with E-state index in [0.29, 0.717) is 23.9 Å². The lowest BCUT2D eigenvalue weighted by Crippen LogP contribution is -2.35. The van der Waals surface area contributed by atoms with Gasteiger partial charge in [0.05, 0.1) is 5.56 Å². The molecular formula is C14H19BrN2O2. The third kappa shape index (κ3) is 4.01. The largest absolute Gasteiger partial charge is 0.396 e. The first-order chi connectivity index (χ1) is 9.20. The van der Waals surface area contributed by atoms with E-state index >= 15 is 0 Å². The van der Waals surface area contributed by atoms with Crippen LogP contribution in [0.2, 0.25) is 0 Å². The van der Waals surface area contributed by atoms with Crippen molar-refractivity contribution in [1.82, 2.24) is 10.3 Å². The minimum absolute atomic E-state index is 0.0951. The molecule has 2 atom stereocenters. The minimum atomic E-state index is -0.0951. The van der Waals surface area contributed by atoms with Crippen LogP contribution in [0.15, 0.2) is 22.9 Å². The number of hydrogen-bond donors (Lipinski definition) is 2. The van der Waals surface area contributed by atoms with Crippen molar-refractivity contribution in [2.75, 3.05) is 13.2 Å². The topological polar surface area (TPSA) is 62.2 Å². The van der Waals surface area contributed by atoms with E-state index in [0.717, 1.165) is 17.4 Å². The molecule has 1 aromatic rings. The van der Waals surface area contributed by atoms with Gasteiger partial charge in [-0.2, -0.15) is 0 Å². The van der Waals surface area contributed by atoms with Crippen molar-refractivity contribution in [3.63, 3.8) is 0 Å². The molecule has 1 saturated carbocycles. The van der Waals surface area contributed by atoms with E-state index in [1.807, 2.05) is 0 Å². The van der Waals surface area contributed by atoms with Crippen molar-refractivity contribution in [3.05, 3.63) is 28.5 Å². The second kappa shape index (κ2) is 7.01. The maximum absolute atomic E-state index is 12.0. The van der Waals surface area contributed by atoms with Crippen molar-refractivity contribution in [2.24, 2.45) is 11.8 Å². The molecular weight excluding hydrogens is 308 g/mol. The van der Waals surface area contributed by atoms with Crippen LogP contribution in [0.1, 0.15) is 36.0 Å². The van der Waals surface area contributed by atoms with Gasteiger partial charge >= 0.3 is 0 Å². The van der Waals surface area contributed by atoms with E-state index in [2.05, 4.69) is 26.2 Å². The summed E-state index contributed by atoms with van der Waals surface area (Å²) < 4.78 is 0.719. The molecule has 5 heteroatoms. The van der Waals surface area contributed by atoms with Gasteiger partial charge in [-0.1, -0.05) is 12.8 Å². The third-order valence-corrected chi connectivity index (χ3v) is 4.28. The number of carbonyl (C=O) groups excluding carboxylic acids is 1. The summed E-state index contributed by atoms with van der Waals surface area (Å²) in [5.41, 5.74) is 0.569. The number of nitrogens with one attached hydrogen (secondary N) is 1. The number of amides is 1. The Bertz CT molecular complexity index is 422. The molecule has 1 aliphatic carbocycles. The summed E-state index contributed by atoms with van der Waals surface area (Å²) in [4.78, 5) is 16.0. The van der Waals surface area contributed by atoms with Gasteiger partial charge in [-0.05, 0) is 52.7 Å². The fourth-order valence-corrected chi connectivity index (χ4v) is 2.86. The molecule has 2 N–H and O–H groups in total. The maximum Gasteiger partial charge on any atom is 0.252 e. The van der Waals surface area contributed by atoms with Gasteiger partial charge in [-0.25, -0.2) is 4.98 Å². The molecule has 2 unspecified atom stereocenters. The van der Waals surface area contributed by atoms with Crippen LogP contribution in [0, 0.1) is 11.8 Å². The quantitative estimate of drug-likeness (QED) is 0.835. The lowest BCUT2D eigenvalue weighted by atomic mass is 9.79. The van der Waals surface area contributed by atoms with Crippen LogP contribution in [-0.2, 0) is 0 Å². The molecule has 0 aliphatic heterocycles. The van der Waals surface area contributed by atoms with E-state index in [1.54, 1.807) is 18.3 Å². The van der Waals surface area contributed by atoms with E-state index in [9.17, 15) is 9.90 Å². The van der Waals surface area contributed by atoms with Gasteiger partial charge in [0.1, 0.15) is 4.60 Å². The standard InChI is InChI=1S/C14H19BrN2O2/c15-13-6-5-11(8-16-13)14(19)17-7-10-3-1-2-4-12(10)9-18/h5-6,8,10,12,18H,1-4,7,9H2,(H,17,19). The molecule has 1 fully saturated rings. The molecule has 2 rings (SSSR count). The molecule has 0 radical (unpaired) electrons. The number of aliphatic hydroxyl groups is 1. The number of rotatable bonds is 4. The SMILES string of the molecule is O=C(NCC1CCCCC1CO)c1ccc(Br)nc1. The van der Waals surface area contributed by atoms with Crippen molar-refractivity contribution in [3.8, 4) is 0 Å². The number of aliphatic hydroxyl groups excluding tert-OH is 1. The van der Waals surface area contributed by atoms with Gasteiger partial charge in [0, 0.05) is 19.3 Å². The second-order valence-electron chi connectivity index (χ2n) is 5.07. The zero-order chi connectivity index (χ0) is 13.7. The predicted molar refractivity (Wildman–Crippen MR) is 76.8 cm³/mol. The summed E-state index contributed by atoms with van der Waals surface area (Å²) in [6.45, 7) is 0.862. The van der Waals surface area contributed by atoms with Crippen molar-refractivity contribution in [1.29, 1.82) is 0 Å². The Hall–Kier alpha value is -0.940. The molecule has 4 nitrogen and oxygen atoms in total. The van der Waals surface area contributed by atoms with Gasteiger partial charge in [-0.15, -0.1) is 0 Å². The Morgan fingerprint density at radius 1 is 1.37 bits per heavy atom. The third-order valence-electron chi connectivity index (χ3n) is 3.82. The summed E-state index contributed by atoms with van der Waals surface area (Å²) in [6.07, 6.45) is 6.09. The van der Waals surface area contributed by atoms with E-state index in [-0.39, 0.29) is 12.5 Å². The fourth-order valence-electron chi connectivity index (χ4n) is 2.63. The molecule has 104 valence electrons. The van der Waals surface area contributed by atoms with Gasteiger partial charge in [-0.3, -0.25) is 4.79 Å². The fraction of sp³-hybridized carbons (Fsp3) is 0.571. The van der Waals surface area contributed by atoms with Gasteiger partial charge in [0.2, 0.25) is 0 Å². The first kappa shape index (κ1) is 14.5. The van der Waals surface area contributed by atoms with Gasteiger partial charge < -0.3 is 10.4 Å². The molecule has 1 aliphatic rings. The van der Waals surface area contributed by atoms with Crippen molar-refractivity contribution >= 4 is 21.8 Å². The molecule has 0 bridgehead atoms. The highest BCUT2D eigenvalue weighted by molar-refractivity contribution is 9.10. The molecule has 0 saturated heterocycles. The normalized spacial score (nSPS) is 23.1. The minimum Gasteiger partial charge on any atom is -0.396 e. The number of aromatic nitrogens is 1. The Morgan fingerprint density at radius 3 is 2.74 bits per heavy atom. The second-order valence-corrected chi connectivity index (χ2v) is 5.88. The van der Waals surface area contributed by atoms with E-state index < -0.39 is 0 Å². The summed E-state index contributed by atoms with van der Waals surface area (Å²) in [5, 5.41) is 12.3. The first-order valence-corrected chi connectivity index (χ1v) is 7.50. The van der Waals surface area contributed by atoms with Gasteiger partial charge in [0.25, 0.3) is 5.91 Å². The highest BCUT2D eigenvalue weighted by Gasteiger charge is 2.24. The first-order valence-electron chi connectivity index (χ1n) is 6.71. The van der Waals surface area contributed by atoms with Gasteiger partial charge in [0.15, 0.2) is 0 Å². The number of nitrogens with zero attached hydrogens (tertiary/aromatic N) is 1. The van der Waals surface area contributed by atoms with E-state index in [4.69, 9.17) is 0 Å². The Labute approximate surface area is 121 Å². The van der Waals surface area contributed by atoms with Crippen LogP contribution >= 0.6 is 15.9 Å². The average molecular weight is 327 g/mol. The lowest BCUT2D eigenvalue weighted by Gasteiger charge is -2.30. The maximum atomic E-state index is 12.0. The molecule has 1 aromatic heterocycles. The predicted octanol–water partition coefficient (Wildman–Crippen LogP) is 2.37. The number of carbonyl (C=O) groups is 1. The molecule has 0 aromatic carbocycles. The Balaban J connectivity index is 1.87. The van der Waals surface area contributed by atoms with Crippen LogP contribution in [0.5, 0.6) is 0 Å². The lowest BCUT2D eigenvalue weighted by molar-refractivity contribution is 0.0909. The smallest absolute Gasteiger partial charge is 0.252 e. The highest BCUT2D eigenvalue weighted by atomic mass is 79.9.